The normalized spacial score (nSPS) is 17.1. The van der Waals surface area contributed by atoms with Gasteiger partial charge in [0.1, 0.15) is 0 Å². The molecule has 2 amide bonds. The van der Waals surface area contributed by atoms with Gasteiger partial charge in [-0.15, -0.1) is 0 Å². The predicted octanol–water partition coefficient (Wildman–Crippen LogP) is 1.80. The molecule has 1 aromatic heterocycles. The molecule has 1 aromatic carbocycles. The van der Waals surface area contributed by atoms with Crippen molar-refractivity contribution in [1.82, 2.24) is 25.3 Å². The molecule has 9 heteroatoms. The molecule has 0 spiro atoms. The van der Waals surface area contributed by atoms with Crippen LogP contribution in [0.3, 0.4) is 0 Å². The third-order valence-corrected chi connectivity index (χ3v) is 5.52. The molecule has 2 aromatic rings. The number of halogens is 2. The zero-order valence-electron chi connectivity index (χ0n) is 17.5. The van der Waals surface area contributed by atoms with Crippen molar-refractivity contribution in [3.63, 3.8) is 0 Å². The third-order valence-electron chi connectivity index (χ3n) is 5.52. The maximum atomic E-state index is 14.1. The molecule has 1 aliphatic heterocycles. The number of benzene rings is 1. The smallest absolute Gasteiger partial charge is 0.237 e. The van der Waals surface area contributed by atoms with Crippen LogP contribution >= 0.6 is 0 Å². The molecule has 3 rings (SSSR count). The summed E-state index contributed by atoms with van der Waals surface area (Å²) in [4.78, 5) is 26.7. The Morgan fingerprint density at radius 2 is 2.10 bits per heavy atom. The Labute approximate surface area is 174 Å². The molecule has 1 aliphatic rings. The topological polar surface area (TPSA) is 79.3 Å². The quantitative estimate of drug-likeness (QED) is 0.718. The van der Waals surface area contributed by atoms with Gasteiger partial charge < -0.3 is 10.6 Å². The lowest BCUT2D eigenvalue weighted by Gasteiger charge is -2.34. The summed E-state index contributed by atoms with van der Waals surface area (Å²) >= 11 is 0. The molecule has 30 heavy (non-hydrogen) atoms. The first-order valence-electron chi connectivity index (χ1n) is 10.1. The molecule has 2 heterocycles. The Kier molecular flexibility index (Phi) is 6.81. The fourth-order valence-electron chi connectivity index (χ4n) is 3.80. The lowest BCUT2D eigenvalue weighted by atomic mass is 10.1. The van der Waals surface area contributed by atoms with Crippen molar-refractivity contribution < 1.29 is 18.4 Å². The second-order valence-electron chi connectivity index (χ2n) is 7.44. The van der Waals surface area contributed by atoms with Crippen molar-refractivity contribution in [3.8, 4) is 0 Å². The average Bonchev–Trinajstić information content (AvgIpc) is 2.99. The van der Waals surface area contributed by atoms with Crippen molar-refractivity contribution in [2.75, 3.05) is 13.1 Å². The molecule has 7 nitrogen and oxygen atoms in total. The first-order valence-corrected chi connectivity index (χ1v) is 10.1. The van der Waals surface area contributed by atoms with Crippen LogP contribution in [0.15, 0.2) is 18.2 Å². The van der Waals surface area contributed by atoms with E-state index < -0.39 is 17.7 Å². The van der Waals surface area contributed by atoms with Crippen LogP contribution in [-0.2, 0) is 29.2 Å². The number of rotatable bonds is 7. The fourth-order valence-corrected chi connectivity index (χ4v) is 3.80. The monoisotopic (exact) mass is 419 g/mol. The van der Waals surface area contributed by atoms with Gasteiger partial charge in [-0.25, -0.2) is 8.78 Å². The van der Waals surface area contributed by atoms with Gasteiger partial charge in [-0.05, 0) is 26.8 Å². The fraction of sp³-hybridized carbons (Fsp3) is 0.476. The van der Waals surface area contributed by atoms with Crippen LogP contribution in [0.25, 0.3) is 0 Å². The highest BCUT2D eigenvalue weighted by Crippen LogP contribution is 2.18. The summed E-state index contributed by atoms with van der Waals surface area (Å²) in [5.74, 6) is -2.43. The van der Waals surface area contributed by atoms with Crippen LogP contribution in [0.4, 0.5) is 8.78 Å². The highest BCUT2D eigenvalue weighted by molar-refractivity contribution is 5.88. The van der Waals surface area contributed by atoms with Crippen LogP contribution in [0.1, 0.15) is 35.9 Å². The molecule has 1 fully saturated rings. The minimum absolute atomic E-state index is 0.0520. The Hall–Kier alpha value is -2.81. The van der Waals surface area contributed by atoms with Crippen molar-refractivity contribution in [2.45, 2.75) is 52.9 Å². The van der Waals surface area contributed by atoms with Crippen molar-refractivity contribution in [3.05, 3.63) is 52.3 Å². The summed E-state index contributed by atoms with van der Waals surface area (Å²) in [6.07, 6.45) is -0.0667. The van der Waals surface area contributed by atoms with Crippen LogP contribution in [0.2, 0.25) is 0 Å². The van der Waals surface area contributed by atoms with Crippen LogP contribution in [0.5, 0.6) is 0 Å². The summed E-state index contributed by atoms with van der Waals surface area (Å²) in [7, 11) is 0. The summed E-state index contributed by atoms with van der Waals surface area (Å²) in [5.41, 5.74) is 2.97. The molecular formula is C21H27F2N5O2. The van der Waals surface area contributed by atoms with Gasteiger partial charge >= 0.3 is 0 Å². The first kappa shape index (κ1) is 21.9. The third kappa shape index (κ3) is 4.67. The standard InChI is InChI=1S/C21H27F2N5O2/c1-4-28-14(3)16(13(2)26-28)11-25-19(29)10-18-21(30)24-8-9-27(18)12-15-6-5-7-17(22)20(15)23/h5-7,18H,4,8-12H2,1-3H3,(H,24,30)(H,25,29). The second-order valence-corrected chi connectivity index (χ2v) is 7.44. The zero-order valence-corrected chi connectivity index (χ0v) is 17.5. The number of nitrogens with zero attached hydrogens (tertiary/aromatic N) is 3. The van der Waals surface area contributed by atoms with Crippen molar-refractivity contribution >= 4 is 11.8 Å². The molecule has 1 atom stereocenters. The lowest BCUT2D eigenvalue weighted by molar-refractivity contribution is -0.134. The highest BCUT2D eigenvalue weighted by Gasteiger charge is 2.32. The van der Waals surface area contributed by atoms with E-state index in [0.29, 0.717) is 19.6 Å². The Balaban J connectivity index is 1.66. The van der Waals surface area contributed by atoms with E-state index in [9.17, 15) is 18.4 Å². The Bertz CT molecular complexity index is 944. The molecule has 0 aliphatic carbocycles. The van der Waals surface area contributed by atoms with Crippen LogP contribution < -0.4 is 10.6 Å². The van der Waals surface area contributed by atoms with E-state index >= 15 is 0 Å². The largest absolute Gasteiger partial charge is 0.353 e. The summed E-state index contributed by atoms with van der Waals surface area (Å²) < 4.78 is 29.5. The van der Waals surface area contributed by atoms with Gasteiger partial charge in [-0.2, -0.15) is 5.10 Å². The van der Waals surface area contributed by atoms with Crippen LogP contribution in [-0.4, -0.2) is 45.6 Å². The van der Waals surface area contributed by atoms with E-state index in [1.807, 2.05) is 25.5 Å². The number of aromatic nitrogens is 2. The molecule has 0 radical (unpaired) electrons. The molecule has 0 bridgehead atoms. The number of carbonyl (C=O) groups is 2. The lowest BCUT2D eigenvalue weighted by Crippen LogP contribution is -2.56. The van der Waals surface area contributed by atoms with Gasteiger partial charge in [0.15, 0.2) is 11.6 Å². The Morgan fingerprint density at radius 3 is 2.80 bits per heavy atom. The number of nitrogens with one attached hydrogen (secondary N) is 2. The van der Waals surface area contributed by atoms with E-state index in [-0.39, 0.29) is 30.3 Å². The van der Waals surface area contributed by atoms with E-state index in [2.05, 4.69) is 15.7 Å². The maximum Gasteiger partial charge on any atom is 0.237 e. The van der Waals surface area contributed by atoms with Gasteiger partial charge in [0, 0.05) is 49.5 Å². The minimum Gasteiger partial charge on any atom is -0.353 e. The number of hydrogen-bond donors (Lipinski definition) is 2. The number of aryl methyl sites for hydroxylation is 2. The van der Waals surface area contributed by atoms with Crippen LogP contribution in [0, 0.1) is 25.5 Å². The zero-order chi connectivity index (χ0) is 21.8. The summed E-state index contributed by atoms with van der Waals surface area (Å²) in [6, 6.07) is 3.22. The SMILES string of the molecule is CCn1nc(C)c(CNC(=O)CC2C(=O)NCCN2Cc2cccc(F)c2F)c1C. The summed E-state index contributed by atoms with van der Waals surface area (Å²) in [6.45, 7) is 7.80. The first-order chi connectivity index (χ1) is 14.3. The predicted molar refractivity (Wildman–Crippen MR) is 107 cm³/mol. The minimum atomic E-state index is -0.929. The molecule has 1 saturated heterocycles. The molecular weight excluding hydrogens is 392 g/mol. The van der Waals surface area contributed by atoms with Gasteiger partial charge in [0.2, 0.25) is 11.8 Å². The van der Waals surface area contributed by atoms with Gasteiger partial charge in [-0.3, -0.25) is 19.2 Å². The molecule has 162 valence electrons. The number of piperazine rings is 1. The Morgan fingerprint density at radius 1 is 1.33 bits per heavy atom. The molecule has 0 saturated carbocycles. The highest BCUT2D eigenvalue weighted by atomic mass is 19.2. The van der Waals surface area contributed by atoms with E-state index in [1.165, 1.54) is 12.1 Å². The maximum absolute atomic E-state index is 14.1. The number of amides is 2. The second kappa shape index (κ2) is 9.34. The van der Waals surface area contributed by atoms with Gasteiger partial charge in [0.05, 0.1) is 18.2 Å². The summed E-state index contributed by atoms with van der Waals surface area (Å²) in [5, 5.41) is 10.0. The van der Waals surface area contributed by atoms with E-state index in [4.69, 9.17) is 0 Å². The molecule has 2 N–H and O–H groups in total. The average molecular weight is 419 g/mol. The van der Waals surface area contributed by atoms with E-state index in [1.54, 1.807) is 4.90 Å². The van der Waals surface area contributed by atoms with Gasteiger partial charge in [0.25, 0.3) is 0 Å². The van der Waals surface area contributed by atoms with Gasteiger partial charge in [-0.1, -0.05) is 12.1 Å². The number of carbonyl (C=O) groups excluding carboxylic acids is 2. The van der Waals surface area contributed by atoms with Crippen molar-refractivity contribution in [2.24, 2.45) is 0 Å². The van der Waals surface area contributed by atoms with Crippen molar-refractivity contribution in [1.29, 1.82) is 0 Å². The molecule has 1 unspecified atom stereocenters. The number of hydrogen-bond acceptors (Lipinski definition) is 4. The van der Waals surface area contributed by atoms with E-state index in [0.717, 1.165) is 29.6 Å².